The second kappa shape index (κ2) is 3.82. The molecule has 1 aliphatic carbocycles. The van der Waals surface area contributed by atoms with Crippen LogP contribution in [0.5, 0.6) is 0 Å². The number of halogens is 1. The monoisotopic (exact) mass is 230 g/mol. The van der Waals surface area contributed by atoms with Crippen molar-refractivity contribution in [1.82, 2.24) is 4.90 Å². The predicted molar refractivity (Wildman–Crippen MR) is 62.8 cm³/mol. The first-order chi connectivity index (χ1) is 8.28. The van der Waals surface area contributed by atoms with E-state index in [-0.39, 0.29) is 5.82 Å². The van der Waals surface area contributed by atoms with Crippen LogP contribution in [-0.4, -0.2) is 18.0 Å². The molecule has 3 rings (SSSR count). The van der Waals surface area contributed by atoms with E-state index in [0.717, 1.165) is 43.5 Å². The number of hydrogen-bond acceptors (Lipinski definition) is 2. The number of rotatable bonds is 1. The number of hydrogen-bond donors (Lipinski definition) is 0. The maximum atomic E-state index is 13.7. The Balaban J connectivity index is 2.11. The molecule has 1 fully saturated rings. The van der Waals surface area contributed by atoms with Crippen molar-refractivity contribution in [1.29, 1.82) is 5.26 Å². The summed E-state index contributed by atoms with van der Waals surface area (Å²) in [5.41, 5.74) is 1.09. The standard InChI is InChI=1S/C14H15FN2/c15-13-5-3-4-12-11(13)6-7-14(12,10-16)17-8-1-2-9-17/h3-5H,1-2,6-9H2. The highest BCUT2D eigenvalue weighted by Crippen LogP contribution is 2.43. The summed E-state index contributed by atoms with van der Waals surface area (Å²) in [5, 5.41) is 9.60. The summed E-state index contributed by atoms with van der Waals surface area (Å²) in [6.45, 7) is 1.92. The van der Waals surface area contributed by atoms with Gasteiger partial charge < -0.3 is 0 Å². The second-order valence-corrected chi connectivity index (χ2v) is 4.93. The van der Waals surface area contributed by atoms with Crippen molar-refractivity contribution in [2.24, 2.45) is 0 Å². The molecule has 17 heavy (non-hydrogen) atoms. The van der Waals surface area contributed by atoms with E-state index in [0.29, 0.717) is 6.42 Å². The molecule has 3 heteroatoms. The minimum absolute atomic E-state index is 0.154. The molecule has 0 bridgehead atoms. The lowest BCUT2D eigenvalue weighted by Crippen LogP contribution is -2.41. The summed E-state index contributed by atoms with van der Waals surface area (Å²) in [5.74, 6) is -0.154. The molecule has 0 aromatic heterocycles. The average Bonchev–Trinajstić information content (AvgIpc) is 2.97. The molecule has 1 aliphatic heterocycles. The molecule has 1 heterocycles. The summed E-state index contributed by atoms with van der Waals surface area (Å²) in [7, 11) is 0. The molecule has 0 radical (unpaired) electrons. The maximum absolute atomic E-state index is 13.7. The summed E-state index contributed by atoms with van der Waals surface area (Å²) < 4.78 is 13.7. The Hall–Kier alpha value is -1.40. The maximum Gasteiger partial charge on any atom is 0.135 e. The van der Waals surface area contributed by atoms with Gasteiger partial charge in [-0.15, -0.1) is 0 Å². The van der Waals surface area contributed by atoms with E-state index in [1.165, 1.54) is 6.07 Å². The van der Waals surface area contributed by atoms with E-state index in [9.17, 15) is 9.65 Å². The number of benzene rings is 1. The van der Waals surface area contributed by atoms with Crippen molar-refractivity contribution >= 4 is 0 Å². The summed E-state index contributed by atoms with van der Waals surface area (Å²) in [6.07, 6.45) is 3.72. The lowest BCUT2D eigenvalue weighted by Gasteiger charge is -2.33. The van der Waals surface area contributed by atoms with Crippen molar-refractivity contribution in [2.75, 3.05) is 13.1 Å². The molecule has 88 valence electrons. The van der Waals surface area contributed by atoms with Gasteiger partial charge in [-0.3, -0.25) is 4.90 Å². The van der Waals surface area contributed by atoms with Gasteiger partial charge in [0.15, 0.2) is 0 Å². The molecule has 1 aromatic carbocycles. The Morgan fingerprint density at radius 1 is 1.29 bits per heavy atom. The van der Waals surface area contributed by atoms with E-state index in [2.05, 4.69) is 11.0 Å². The van der Waals surface area contributed by atoms with E-state index in [1.807, 2.05) is 6.07 Å². The largest absolute Gasteiger partial charge is 0.282 e. The molecule has 0 spiro atoms. The van der Waals surface area contributed by atoms with Crippen LogP contribution in [0.25, 0.3) is 0 Å². The van der Waals surface area contributed by atoms with Crippen molar-refractivity contribution in [3.8, 4) is 6.07 Å². The van der Waals surface area contributed by atoms with Gasteiger partial charge in [0.2, 0.25) is 0 Å². The van der Waals surface area contributed by atoms with Gasteiger partial charge in [-0.1, -0.05) is 12.1 Å². The molecule has 1 aromatic rings. The van der Waals surface area contributed by atoms with Gasteiger partial charge in [0.25, 0.3) is 0 Å². The van der Waals surface area contributed by atoms with Crippen LogP contribution in [0.15, 0.2) is 18.2 Å². The second-order valence-electron chi connectivity index (χ2n) is 4.93. The fourth-order valence-electron chi connectivity index (χ4n) is 3.25. The van der Waals surface area contributed by atoms with Crippen molar-refractivity contribution in [3.63, 3.8) is 0 Å². The molecule has 0 N–H and O–H groups in total. The topological polar surface area (TPSA) is 27.0 Å². The highest BCUT2D eigenvalue weighted by molar-refractivity contribution is 5.44. The Kier molecular flexibility index (Phi) is 2.41. The highest BCUT2D eigenvalue weighted by atomic mass is 19.1. The zero-order chi connectivity index (χ0) is 11.9. The third kappa shape index (κ3) is 1.41. The van der Waals surface area contributed by atoms with E-state index < -0.39 is 5.54 Å². The zero-order valence-electron chi connectivity index (χ0n) is 9.75. The first kappa shape index (κ1) is 10.7. The van der Waals surface area contributed by atoms with Crippen molar-refractivity contribution in [2.45, 2.75) is 31.2 Å². The highest BCUT2D eigenvalue weighted by Gasteiger charge is 2.45. The predicted octanol–water partition coefficient (Wildman–Crippen LogP) is 2.59. The van der Waals surface area contributed by atoms with Gasteiger partial charge >= 0.3 is 0 Å². The Morgan fingerprint density at radius 3 is 2.76 bits per heavy atom. The van der Waals surface area contributed by atoms with Gasteiger partial charge in [-0.25, -0.2) is 4.39 Å². The Bertz CT molecular complexity index is 485. The summed E-state index contributed by atoms with van der Waals surface area (Å²) >= 11 is 0. The minimum atomic E-state index is -0.562. The molecule has 1 saturated heterocycles. The van der Waals surface area contributed by atoms with Crippen LogP contribution in [0.4, 0.5) is 4.39 Å². The molecular weight excluding hydrogens is 215 g/mol. The molecular formula is C14H15FN2. The molecule has 0 saturated carbocycles. The molecule has 1 unspecified atom stereocenters. The zero-order valence-corrected chi connectivity index (χ0v) is 9.75. The molecule has 1 atom stereocenters. The van der Waals surface area contributed by atoms with Gasteiger partial charge in [0, 0.05) is 13.1 Å². The number of fused-ring (bicyclic) bond motifs is 1. The number of nitriles is 1. The third-order valence-electron chi connectivity index (χ3n) is 4.13. The fourth-order valence-corrected chi connectivity index (χ4v) is 3.25. The minimum Gasteiger partial charge on any atom is -0.282 e. The lowest BCUT2D eigenvalue weighted by atomic mass is 9.91. The fraction of sp³-hybridized carbons (Fsp3) is 0.500. The van der Waals surface area contributed by atoms with Gasteiger partial charge in [-0.2, -0.15) is 5.26 Å². The van der Waals surface area contributed by atoms with Gasteiger partial charge in [-0.05, 0) is 42.9 Å². The number of nitrogens with zero attached hydrogens (tertiary/aromatic N) is 2. The van der Waals surface area contributed by atoms with Crippen LogP contribution in [-0.2, 0) is 12.0 Å². The quantitative estimate of drug-likeness (QED) is 0.741. The van der Waals surface area contributed by atoms with Gasteiger partial charge in [0.05, 0.1) is 6.07 Å². The van der Waals surface area contributed by atoms with Crippen LogP contribution in [0.1, 0.15) is 30.4 Å². The molecule has 2 aliphatic rings. The van der Waals surface area contributed by atoms with Crippen LogP contribution in [0.2, 0.25) is 0 Å². The SMILES string of the molecule is N#CC1(N2CCCC2)CCc2c(F)cccc21. The summed E-state index contributed by atoms with van der Waals surface area (Å²) in [6, 6.07) is 7.61. The van der Waals surface area contributed by atoms with Crippen LogP contribution >= 0.6 is 0 Å². The van der Waals surface area contributed by atoms with Crippen molar-refractivity contribution < 1.29 is 4.39 Å². The van der Waals surface area contributed by atoms with E-state index in [4.69, 9.17) is 0 Å². The molecule has 2 nitrogen and oxygen atoms in total. The first-order valence-corrected chi connectivity index (χ1v) is 6.22. The lowest BCUT2D eigenvalue weighted by molar-refractivity contribution is 0.174. The smallest absolute Gasteiger partial charge is 0.135 e. The van der Waals surface area contributed by atoms with Crippen molar-refractivity contribution in [3.05, 3.63) is 35.1 Å². The molecule has 0 amide bonds. The van der Waals surface area contributed by atoms with E-state index in [1.54, 1.807) is 6.07 Å². The van der Waals surface area contributed by atoms with Crippen LogP contribution in [0.3, 0.4) is 0 Å². The van der Waals surface area contributed by atoms with Gasteiger partial charge in [0.1, 0.15) is 11.4 Å². The summed E-state index contributed by atoms with van der Waals surface area (Å²) in [4.78, 5) is 2.23. The Labute approximate surface area is 101 Å². The van der Waals surface area contributed by atoms with E-state index >= 15 is 0 Å². The normalized spacial score (nSPS) is 28.0. The van der Waals surface area contributed by atoms with Crippen LogP contribution in [0, 0.1) is 17.1 Å². The third-order valence-corrected chi connectivity index (χ3v) is 4.13. The average molecular weight is 230 g/mol. The number of likely N-dealkylation sites (tertiary alicyclic amines) is 1. The Morgan fingerprint density at radius 2 is 2.06 bits per heavy atom. The first-order valence-electron chi connectivity index (χ1n) is 6.22. The van der Waals surface area contributed by atoms with Crippen LogP contribution < -0.4 is 0 Å².